The summed E-state index contributed by atoms with van der Waals surface area (Å²) in [6.07, 6.45) is 2.65. The summed E-state index contributed by atoms with van der Waals surface area (Å²) < 4.78 is 7.35. The lowest BCUT2D eigenvalue weighted by Gasteiger charge is -2.20. The van der Waals surface area contributed by atoms with Crippen molar-refractivity contribution in [1.82, 2.24) is 15.1 Å². The van der Waals surface area contributed by atoms with Crippen molar-refractivity contribution in [2.75, 3.05) is 6.61 Å². The zero-order chi connectivity index (χ0) is 14.7. The minimum Gasteiger partial charge on any atom is -0.376 e. The van der Waals surface area contributed by atoms with Crippen molar-refractivity contribution in [1.29, 1.82) is 0 Å². The molecule has 0 aliphatic carbocycles. The Kier molecular flexibility index (Phi) is 5.05. The number of rotatable bonds is 5. The standard InChI is InChI=1S/C14H22ClN3O2/c1-9(12-5-4-8-20-12)16-13(19)6-7-18-11(3)14(15)10(2)17-18/h9,12H,4-8H2,1-3H3,(H,16,19)/t9-,12-/m1/s1. The number of carbonyl (C=O) groups excluding carboxylic acids is 1. The molecule has 2 atom stereocenters. The molecule has 1 aromatic heterocycles. The van der Waals surface area contributed by atoms with Gasteiger partial charge in [0.1, 0.15) is 0 Å². The van der Waals surface area contributed by atoms with Crippen LogP contribution in [0.15, 0.2) is 0 Å². The van der Waals surface area contributed by atoms with E-state index in [1.807, 2.05) is 20.8 Å². The zero-order valence-electron chi connectivity index (χ0n) is 12.3. The zero-order valence-corrected chi connectivity index (χ0v) is 13.0. The normalized spacial score (nSPS) is 20.1. The van der Waals surface area contributed by atoms with Crippen LogP contribution >= 0.6 is 11.6 Å². The maximum atomic E-state index is 11.9. The molecular weight excluding hydrogens is 278 g/mol. The van der Waals surface area contributed by atoms with E-state index in [-0.39, 0.29) is 18.1 Å². The van der Waals surface area contributed by atoms with E-state index in [2.05, 4.69) is 10.4 Å². The SMILES string of the molecule is Cc1nn(CCC(=O)N[C@H](C)[C@H]2CCCO2)c(C)c1Cl. The van der Waals surface area contributed by atoms with Crippen molar-refractivity contribution in [2.45, 2.75) is 58.7 Å². The van der Waals surface area contributed by atoms with E-state index in [1.54, 1.807) is 4.68 Å². The summed E-state index contributed by atoms with van der Waals surface area (Å²) >= 11 is 6.08. The molecule has 0 bridgehead atoms. The maximum absolute atomic E-state index is 11.9. The van der Waals surface area contributed by atoms with Crippen molar-refractivity contribution in [3.63, 3.8) is 0 Å². The van der Waals surface area contributed by atoms with Gasteiger partial charge >= 0.3 is 0 Å². The van der Waals surface area contributed by atoms with Crippen LogP contribution in [0.4, 0.5) is 0 Å². The van der Waals surface area contributed by atoms with Gasteiger partial charge in [-0.05, 0) is 33.6 Å². The Hall–Kier alpha value is -1.07. The lowest BCUT2D eigenvalue weighted by molar-refractivity contribution is -0.122. The van der Waals surface area contributed by atoms with Gasteiger partial charge in [0.15, 0.2) is 0 Å². The number of hydrogen-bond acceptors (Lipinski definition) is 3. The molecule has 1 saturated heterocycles. The molecule has 2 heterocycles. The van der Waals surface area contributed by atoms with E-state index in [0.29, 0.717) is 18.0 Å². The Morgan fingerprint density at radius 1 is 1.60 bits per heavy atom. The first-order chi connectivity index (χ1) is 9.49. The largest absolute Gasteiger partial charge is 0.376 e. The van der Waals surface area contributed by atoms with Gasteiger partial charge in [-0.1, -0.05) is 11.6 Å². The molecule has 0 aromatic carbocycles. The number of aryl methyl sites for hydroxylation is 2. The fourth-order valence-corrected chi connectivity index (χ4v) is 2.65. The van der Waals surface area contributed by atoms with Crippen molar-refractivity contribution >= 4 is 17.5 Å². The van der Waals surface area contributed by atoms with Gasteiger partial charge in [-0.15, -0.1) is 0 Å². The van der Waals surface area contributed by atoms with E-state index >= 15 is 0 Å². The molecule has 1 fully saturated rings. The first kappa shape index (κ1) is 15.3. The predicted octanol–water partition coefficient (Wildman–Crippen LogP) is 2.23. The van der Waals surface area contributed by atoms with E-state index in [1.165, 1.54) is 0 Å². The second kappa shape index (κ2) is 6.59. The van der Waals surface area contributed by atoms with Crippen molar-refractivity contribution in [3.8, 4) is 0 Å². The highest BCUT2D eigenvalue weighted by molar-refractivity contribution is 6.31. The van der Waals surface area contributed by atoms with Gasteiger partial charge in [0.25, 0.3) is 0 Å². The van der Waals surface area contributed by atoms with Crippen molar-refractivity contribution < 1.29 is 9.53 Å². The lowest BCUT2D eigenvalue weighted by atomic mass is 10.1. The molecule has 0 spiro atoms. The molecule has 1 aliphatic heterocycles. The van der Waals surface area contributed by atoms with Gasteiger partial charge in [0.2, 0.25) is 5.91 Å². The number of nitrogens with zero attached hydrogens (tertiary/aromatic N) is 2. The van der Waals surface area contributed by atoms with Crippen LogP contribution in [0, 0.1) is 13.8 Å². The third-order valence-electron chi connectivity index (χ3n) is 3.76. The van der Waals surface area contributed by atoms with Crippen LogP contribution in [-0.4, -0.2) is 34.4 Å². The average Bonchev–Trinajstić information content (AvgIpc) is 3.02. The molecular formula is C14H22ClN3O2. The van der Waals surface area contributed by atoms with Gasteiger partial charge in [0.05, 0.1) is 35.1 Å². The molecule has 2 rings (SSSR count). The summed E-state index contributed by atoms with van der Waals surface area (Å²) in [4.78, 5) is 11.9. The average molecular weight is 300 g/mol. The molecule has 1 N–H and O–H groups in total. The van der Waals surface area contributed by atoms with Gasteiger partial charge in [-0.2, -0.15) is 5.10 Å². The molecule has 20 heavy (non-hydrogen) atoms. The van der Waals surface area contributed by atoms with E-state index in [4.69, 9.17) is 16.3 Å². The monoisotopic (exact) mass is 299 g/mol. The Morgan fingerprint density at radius 3 is 2.90 bits per heavy atom. The third-order valence-corrected chi connectivity index (χ3v) is 4.30. The fourth-order valence-electron chi connectivity index (χ4n) is 2.52. The minimum absolute atomic E-state index is 0.0247. The molecule has 6 heteroatoms. The van der Waals surface area contributed by atoms with Gasteiger partial charge < -0.3 is 10.1 Å². The van der Waals surface area contributed by atoms with Crippen LogP contribution < -0.4 is 5.32 Å². The highest BCUT2D eigenvalue weighted by Gasteiger charge is 2.23. The summed E-state index contributed by atoms with van der Waals surface area (Å²) in [5.41, 5.74) is 1.71. The second-order valence-electron chi connectivity index (χ2n) is 5.37. The van der Waals surface area contributed by atoms with E-state index < -0.39 is 0 Å². The smallest absolute Gasteiger partial charge is 0.222 e. The number of nitrogens with one attached hydrogen (secondary N) is 1. The number of carbonyl (C=O) groups is 1. The highest BCUT2D eigenvalue weighted by Crippen LogP contribution is 2.19. The van der Waals surface area contributed by atoms with Crippen LogP contribution in [0.1, 0.15) is 37.6 Å². The maximum Gasteiger partial charge on any atom is 0.222 e. The quantitative estimate of drug-likeness (QED) is 0.907. The van der Waals surface area contributed by atoms with Gasteiger partial charge in [-0.3, -0.25) is 9.48 Å². The lowest BCUT2D eigenvalue weighted by Crippen LogP contribution is -2.41. The van der Waals surface area contributed by atoms with E-state index in [0.717, 1.165) is 30.8 Å². The van der Waals surface area contributed by atoms with Crippen LogP contribution in [0.5, 0.6) is 0 Å². The summed E-state index contributed by atoms with van der Waals surface area (Å²) in [7, 11) is 0. The Labute approximate surface area is 124 Å². The second-order valence-corrected chi connectivity index (χ2v) is 5.74. The Bertz CT molecular complexity index is 481. The highest BCUT2D eigenvalue weighted by atomic mass is 35.5. The van der Waals surface area contributed by atoms with E-state index in [9.17, 15) is 4.79 Å². The molecule has 1 aromatic rings. The molecule has 112 valence electrons. The van der Waals surface area contributed by atoms with Crippen molar-refractivity contribution in [3.05, 3.63) is 16.4 Å². The van der Waals surface area contributed by atoms with Crippen molar-refractivity contribution in [2.24, 2.45) is 0 Å². The topological polar surface area (TPSA) is 56.2 Å². The number of aromatic nitrogens is 2. The fraction of sp³-hybridized carbons (Fsp3) is 0.714. The number of halogens is 1. The molecule has 0 radical (unpaired) electrons. The molecule has 1 amide bonds. The van der Waals surface area contributed by atoms with Crippen LogP contribution in [-0.2, 0) is 16.1 Å². The number of ether oxygens (including phenoxy) is 1. The minimum atomic E-state index is 0.0247. The van der Waals surface area contributed by atoms with Crippen LogP contribution in [0.25, 0.3) is 0 Å². The molecule has 0 saturated carbocycles. The molecule has 5 nitrogen and oxygen atoms in total. The molecule has 1 aliphatic rings. The van der Waals surface area contributed by atoms with Crippen LogP contribution in [0.2, 0.25) is 5.02 Å². The summed E-state index contributed by atoms with van der Waals surface area (Å²) in [5, 5.41) is 7.99. The summed E-state index contributed by atoms with van der Waals surface area (Å²) in [5.74, 6) is 0.0247. The summed E-state index contributed by atoms with van der Waals surface area (Å²) in [6.45, 7) is 7.12. The molecule has 0 unspecified atom stereocenters. The van der Waals surface area contributed by atoms with Gasteiger partial charge in [-0.25, -0.2) is 0 Å². The van der Waals surface area contributed by atoms with Gasteiger partial charge in [0, 0.05) is 13.0 Å². The number of hydrogen-bond donors (Lipinski definition) is 1. The Balaban J connectivity index is 1.81. The number of amides is 1. The predicted molar refractivity (Wildman–Crippen MR) is 77.9 cm³/mol. The Morgan fingerprint density at radius 2 is 2.35 bits per heavy atom. The first-order valence-electron chi connectivity index (χ1n) is 7.09. The van der Waals surface area contributed by atoms with Crippen LogP contribution in [0.3, 0.4) is 0 Å². The first-order valence-corrected chi connectivity index (χ1v) is 7.47. The third kappa shape index (κ3) is 3.52. The summed E-state index contributed by atoms with van der Waals surface area (Å²) in [6, 6.07) is 0.0639.